The summed E-state index contributed by atoms with van der Waals surface area (Å²) in [5.74, 6) is -0.175. The number of hydrogen-bond acceptors (Lipinski definition) is 6. The molecule has 1 atom stereocenters. The monoisotopic (exact) mass is 450 g/mol. The van der Waals surface area contributed by atoms with Gasteiger partial charge in [-0.2, -0.15) is 0 Å². The summed E-state index contributed by atoms with van der Waals surface area (Å²) in [6.45, 7) is 1.64. The lowest BCUT2D eigenvalue weighted by atomic mass is 10.1. The Kier molecular flexibility index (Phi) is 5.05. The van der Waals surface area contributed by atoms with Gasteiger partial charge in [0.15, 0.2) is 20.0 Å². The Hall–Kier alpha value is -2.49. The minimum atomic E-state index is -3.51. The third-order valence-corrected chi connectivity index (χ3v) is 6.68. The smallest absolute Gasteiger partial charge is 0.194 e. The van der Waals surface area contributed by atoms with E-state index in [0.29, 0.717) is 22.2 Å². The van der Waals surface area contributed by atoms with Crippen molar-refractivity contribution in [1.82, 2.24) is 15.0 Å². The highest BCUT2D eigenvalue weighted by Gasteiger charge is 2.24. The first-order valence-corrected chi connectivity index (χ1v) is 11.6. The molecule has 0 radical (unpaired) electrons. The molecule has 1 unspecified atom stereocenters. The van der Waals surface area contributed by atoms with Crippen LogP contribution in [0, 0.1) is 12.7 Å². The van der Waals surface area contributed by atoms with Crippen LogP contribution < -0.4 is 5.32 Å². The van der Waals surface area contributed by atoms with Crippen LogP contribution in [0.2, 0.25) is 5.02 Å². The fourth-order valence-corrected chi connectivity index (χ4v) is 4.98. The van der Waals surface area contributed by atoms with Gasteiger partial charge in [0, 0.05) is 6.26 Å². The number of benzene rings is 2. The minimum Gasteiger partial charge on any atom is -0.348 e. The fourth-order valence-electron chi connectivity index (χ4n) is 3.02. The van der Waals surface area contributed by atoms with Crippen LogP contribution in [0.5, 0.6) is 0 Å². The Balaban J connectivity index is 1.81. The molecule has 0 aliphatic carbocycles. The van der Waals surface area contributed by atoms with Crippen molar-refractivity contribution in [3.63, 3.8) is 0 Å². The van der Waals surface area contributed by atoms with E-state index in [1.807, 2.05) is 24.3 Å². The summed E-state index contributed by atoms with van der Waals surface area (Å²) in [7, 11) is -3.51. The molecule has 10 heteroatoms. The van der Waals surface area contributed by atoms with E-state index in [0.717, 1.165) is 16.5 Å². The first kappa shape index (κ1) is 19.8. The van der Waals surface area contributed by atoms with Gasteiger partial charge in [-0.1, -0.05) is 41.1 Å². The Bertz CT molecular complexity index is 1280. The van der Waals surface area contributed by atoms with Gasteiger partial charge in [-0.15, -0.1) is 0 Å². The molecule has 6 nitrogen and oxygen atoms in total. The van der Waals surface area contributed by atoms with Crippen LogP contribution in [0.4, 0.5) is 9.52 Å². The van der Waals surface area contributed by atoms with E-state index in [1.165, 1.54) is 23.5 Å². The van der Waals surface area contributed by atoms with E-state index < -0.39 is 21.7 Å². The zero-order valence-electron chi connectivity index (χ0n) is 15.4. The summed E-state index contributed by atoms with van der Waals surface area (Å²) < 4.78 is 38.7. The van der Waals surface area contributed by atoms with Gasteiger partial charge in [-0.05, 0) is 36.8 Å². The minimum absolute atomic E-state index is 0.0307. The third-order valence-electron chi connectivity index (χ3n) is 4.32. The number of H-pyrrole nitrogens is 1. The molecule has 150 valence electrons. The van der Waals surface area contributed by atoms with E-state index >= 15 is 0 Å². The van der Waals surface area contributed by atoms with Crippen LogP contribution in [0.15, 0.2) is 47.5 Å². The predicted molar refractivity (Wildman–Crippen MR) is 113 cm³/mol. The SMILES string of the molecule is Cc1[nH]c(C(Nc2nc3ccccc3s2)c2ccc(F)c(Cl)c2)nc1S(C)(=O)=O. The van der Waals surface area contributed by atoms with Crippen molar-refractivity contribution in [3.8, 4) is 0 Å². The Morgan fingerprint density at radius 1 is 1.21 bits per heavy atom. The summed E-state index contributed by atoms with van der Waals surface area (Å²) in [5.41, 5.74) is 1.87. The molecule has 0 aliphatic heterocycles. The molecular formula is C19H16ClFN4O2S2. The number of thiazole rings is 1. The van der Waals surface area contributed by atoms with E-state index in [1.54, 1.807) is 13.0 Å². The van der Waals surface area contributed by atoms with Gasteiger partial charge in [0.1, 0.15) is 17.7 Å². The first-order valence-electron chi connectivity index (χ1n) is 8.56. The number of nitrogens with one attached hydrogen (secondary N) is 2. The quantitative estimate of drug-likeness (QED) is 0.459. The van der Waals surface area contributed by atoms with E-state index in [4.69, 9.17) is 11.6 Å². The highest BCUT2D eigenvalue weighted by molar-refractivity contribution is 7.90. The maximum Gasteiger partial charge on any atom is 0.194 e. The van der Waals surface area contributed by atoms with Crippen molar-refractivity contribution in [3.05, 3.63) is 70.4 Å². The van der Waals surface area contributed by atoms with Gasteiger partial charge in [0.25, 0.3) is 0 Å². The average molecular weight is 451 g/mol. The molecule has 0 aliphatic rings. The van der Waals surface area contributed by atoms with Crippen molar-refractivity contribution >= 4 is 48.1 Å². The average Bonchev–Trinajstić information content (AvgIpc) is 3.24. The molecule has 4 rings (SSSR count). The van der Waals surface area contributed by atoms with Crippen molar-refractivity contribution in [2.24, 2.45) is 0 Å². The number of aryl methyl sites for hydroxylation is 1. The molecule has 29 heavy (non-hydrogen) atoms. The Morgan fingerprint density at radius 2 is 1.97 bits per heavy atom. The van der Waals surface area contributed by atoms with Gasteiger partial charge in [0.05, 0.1) is 20.9 Å². The normalized spacial score (nSPS) is 13.0. The van der Waals surface area contributed by atoms with Crippen molar-refractivity contribution in [2.45, 2.75) is 18.0 Å². The Morgan fingerprint density at radius 3 is 2.62 bits per heavy atom. The standard InChI is InChI=1S/C19H16ClFN4O2S2/c1-10-18(29(2,26)27)25-17(22-10)16(11-7-8-13(21)12(20)9-11)24-19-23-14-5-3-4-6-15(14)28-19/h3-9,16H,1-2H3,(H,22,25)(H,23,24). The second-order valence-corrected chi connectivity index (χ2v) is 9.93. The lowest BCUT2D eigenvalue weighted by molar-refractivity contribution is 0.597. The molecule has 4 aromatic rings. The fraction of sp³-hybridized carbons (Fsp3) is 0.158. The largest absolute Gasteiger partial charge is 0.348 e. The number of rotatable bonds is 5. The maximum atomic E-state index is 13.7. The van der Waals surface area contributed by atoms with Crippen molar-refractivity contribution in [2.75, 3.05) is 11.6 Å². The number of aromatic nitrogens is 3. The lowest BCUT2D eigenvalue weighted by Gasteiger charge is -2.17. The number of imidazole rings is 1. The van der Waals surface area contributed by atoms with Gasteiger partial charge in [-0.25, -0.2) is 22.8 Å². The van der Waals surface area contributed by atoms with E-state index in [2.05, 4.69) is 20.3 Å². The zero-order chi connectivity index (χ0) is 20.8. The first-order chi connectivity index (χ1) is 13.7. The molecule has 0 bridgehead atoms. The molecular weight excluding hydrogens is 435 g/mol. The number of anilines is 1. The second kappa shape index (κ2) is 7.40. The number of halogens is 2. The van der Waals surface area contributed by atoms with Crippen LogP contribution in [-0.2, 0) is 9.84 Å². The number of para-hydroxylation sites is 1. The van der Waals surface area contributed by atoms with Crippen LogP contribution in [0.1, 0.15) is 23.1 Å². The van der Waals surface area contributed by atoms with E-state index in [9.17, 15) is 12.8 Å². The molecule has 0 saturated heterocycles. The van der Waals surface area contributed by atoms with Gasteiger partial charge < -0.3 is 10.3 Å². The van der Waals surface area contributed by atoms with Gasteiger partial charge in [-0.3, -0.25) is 0 Å². The second-order valence-electron chi connectivity index (χ2n) is 6.56. The molecule has 2 N–H and O–H groups in total. The maximum absolute atomic E-state index is 13.7. The Labute approximate surface area is 175 Å². The molecule has 2 heterocycles. The highest BCUT2D eigenvalue weighted by Crippen LogP contribution is 2.33. The zero-order valence-corrected chi connectivity index (χ0v) is 17.8. The molecule has 2 aromatic heterocycles. The van der Waals surface area contributed by atoms with Gasteiger partial charge >= 0.3 is 0 Å². The summed E-state index contributed by atoms with van der Waals surface area (Å²) in [4.78, 5) is 11.9. The lowest BCUT2D eigenvalue weighted by Crippen LogP contribution is -2.14. The summed E-state index contributed by atoms with van der Waals surface area (Å²) in [5, 5.41) is 3.83. The van der Waals surface area contributed by atoms with Crippen molar-refractivity contribution in [1.29, 1.82) is 0 Å². The molecule has 0 spiro atoms. The number of nitrogens with zero attached hydrogens (tertiary/aromatic N) is 2. The predicted octanol–water partition coefficient (Wildman–Crippen LogP) is 4.73. The summed E-state index contributed by atoms with van der Waals surface area (Å²) in [6.07, 6.45) is 1.10. The van der Waals surface area contributed by atoms with Crippen LogP contribution in [0.25, 0.3) is 10.2 Å². The highest BCUT2D eigenvalue weighted by atomic mass is 35.5. The van der Waals surface area contributed by atoms with Crippen LogP contribution >= 0.6 is 22.9 Å². The van der Waals surface area contributed by atoms with E-state index in [-0.39, 0.29) is 10.0 Å². The third kappa shape index (κ3) is 3.98. The molecule has 0 fully saturated rings. The molecule has 2 aromatic carbocycles. The number of aromatic amines is 1. The topological polar surface area (TPSA) is 87.7 Å². The number of sulfone groups is 1. The van der Waals surface area contributed by atoms with Crippen LogP contribution in [-0.4, -0.2) is 29.6 Å². The summed E-state index contributed by atoms with van der Waals surface area (Å²) in [6, 6.07) is 11.4. The summed E-state index contributed by atoms with van der Waals surface area (Å²) >= 11 is 7.43. The van der Waals surface area contributed by atoms with Crippen LogP contribution in [0.3, 0.4) is 0 Å². The number of hydrogen-bond donors (Lipinski definition) is 2. The molecule has 0 saturated carbocycles. The van der Waals surface area contributed by atoms with Crippen molar-refractivity contribution < 1.29 is 12.8 Å². The van der Waals surface area contributed by atoms with Gasteiger partial charge in [0.2, 0.25) is 0 Å². The number of fused-ring (bicyclic) bond motifs is 1. The molecule has 0 amide bonds.